The third-order valence-corrected chi connectivity index (χ3v) is 3.81. The second-order valence-electron chi connectivity index (χ2n) is 7.27. The minimum absolute atomic E-state index is 0.0302. The Morgan fingerprint density at radius 3 is 2.54 bits per heavy atom. The number of likely N-dealkylation sites (tertiary alicyclic amines) is 1. The maximum absolute atomic E-state index is 13.5. The van der Waals surface area contributed by atoms with E-state index in [0.717, 1.165) is 12.1 Å². The van der Waals surface area contributed by atoms with Gasteiger partial charge in [-0.2, -0.15) is 0 Å². The summed E-state index contributed by atoms with van der Waals surface area (Å²) in [4.78, 5) is 25.9. The molecule has 1 saturated heterocycles. The molecule has 26 heavy (non-hydrogen) atoms. The predicted molar refractivity (Wildman–Crippen MR) is 101 cm³/mol. The molecule has 0 radical (unpaired) electrons. The summed E-state index contributed by atoms with van der Waals surface area (Å²) in [5.74, 6) is -2.82. The highest BCUT2D eigenvalue weighted by Gasteiger charge is 2.23. The van der Waals surface area contributed by atoms with Gasteiger partial charge in [0, 0.05) is 28.2 Å². The minimum Gasteiger partial charge on any atom is -0.352 e. The number of benzene rings is 1. The molecule has 7 heteroatoms. The molecule has 0 spiro atoms. The van der Waals surface area contributed by atoms with Crippen molar-refractivity contribution < 1.29 is 19.5 Å². The number of carbonyl (C=O) groups is 2. The van der Waals surface area contributed by atoms with Crippen LogP contribution >= 0.6 is 11.6 Å². The number of nitrogens with zero attached hydrogens (tertiary/aromatic N) is 1. The molecule has 0 aliphatic carbocycles. The van der Waals surface area contributed by atoms with Crippen LogP contribution in [0.15, 0.2) is 18.2 Å². The maximum atomic E-state index is 13.5. The van der Waals surface area contributed by atoms with Crippen LogP contribution in [0.25, 0.3) is 0 Å². The molecule has 1 aliphatic heterocycles. The van der Waals surface area contributed by atoms with E-state index in [0.29, 0.717) is 0 Å². The van der Waals surface area contributed by atoms with Crippen LogP contribution in [0.4, 0.5) is 4.39 Å². The number of carbonyl (C=O) groups excluding carboxylic acids is 2. The van der Waals surface area contributed by atoms with E-state index in [4.69, 9.17) is 17.1 Å². The van der Waals surface area contributed by atoms with Crippen LogP contribution in [0.5, 0.6) is 0 Å². The van der Waals surface area contributed by atoms with E-state index < -0.39 is 35.9 Å². The van der Waals surface area contributed by atoms with Crippen molar-refractivity contribution in [1.82, 2.24) is 15.5 Å². The largest absolute Gasteiger partial charge is 0.352 e. The van der Waals surface area contributed by atoms with Crippen LogP contribution in [-0.2, 0) is 4.79 Å². The third-order valence-electron chi connectivity index (χ3n) is 3.60. The second-order valence-corrected chi connectivity index (χ2v) is 7.71. The molecule has 0 unspecified atom stereocenters. The summed E-state index contributed by atoms with van der Waals surface area (Å²) < 4.78 is 46.8. The summed E-state index contributed by atoms with van der Waals surface area (Å²) in [5, 5.41) is 5.30. The van der Waals surface area contributed by atoms with Crippen molar-refractivity contribution in [2.24, 2.45) is 5.92 Å². The standard InChI is InChI=1S/C19H27ClFN3O2/c1-19(2,3)23-17(25)12-24-6-4-13(5-7-24)11-22-18(26)14-8-15(20)10-16(21)9-14/h8-10,13H,4-7,11-12H2,1-3H3,(H,22,26)(H,23,25)/i4D2,5D2. The van der Waals surface area contributed by atoms with E-state index >= 15 is 0 Å². The number of amides is 2. The quantitative estimate of drug-likeness (QED) is 0.816. The van der Waals surface area contributed by atoms with Crippen molar-refractivity contribution in [2.45, 2.75) is 39.1 Å². The van der Waals surface area contributed by atoms with Crippen LogP contribution in [-0.4, -0.2) is 48.4 Å². The molecule has 1 fully saturated rings. The van der Waals surface area contributed by atoms with Crippen LogP contribution in [0.1, 0.15) is 49.4 Å². The summed E-state index contributed by atoms with van der Waals surface area (Å²) in [7, 11) is 0. The van der Waals surface area contributed by atoms with Crippen molar-refractivity contribution in [3.63, 3.8) is 0 Å². The highest BCUT2D eigenvalue weighted by Crippen LogP contribution is 2.17. The summed E-state index contributed by atoms with van der Waals surface area (Å²) >= 11 is 5.75. The molecule has 2 amide bonds. The van der Waals surface area contributed by atoms with E-state index in [1.165, 1.54) is 11.0 Å². The van der Waals surface area contributed by atoms with Crippen molar-refractivity contribution in [3.8, 4) is 0 Å². The molecular formula is C19H27ClFN3O2. The van der Waals surface area contributed by atoms with Gasteiger partial charge in [0.2, 0.25) is 5.91 Å². The zero-order valence-electron chi connectivity index (χ0n) is 19.2. The average Bonchev–Trinajstić information content (AvgIpc) is 2.49. The Hall–Kier alpha value is -1.66. The first-order valence-electron chi connectivity index (χ1n) is 10.4. The first-order valence-corrected chi connectivity index (χ1v) is 8.74. The van der Waals surface area contributed by atoms with Gasteiger partial charge in [-0.3, -0.25) is 14.5 Å². The fourth-order valence-electron chi connectivity index (χ4n) is 2.51. The number of nitrogens with one attached hydrogen (secondary N) is 2. The summed E-state index contributed by atoms with van der Waals surface area (Å²) in [6.45, 7) is 4.75. The van der Waals surface area contributed by atoms with Gasteiger partial charge in [0.05, 0.1) is 6.54 Å². The zero-order chi connectivity index (χ0) is 22.9. The van der Waals surface area contributed by atoms with Gasteiger partial charge in [0.15, 0.2) is 0 Å². The molecular weight excluding hydrogens is 357 g/mol. The highest BCUT2D eigenvalue weighted by molar-refractivity contribution is 6.31. The Morgan fingerprint density at radius 2 is 1.96 bits per heavy atom. The van der Waals surface area contributed by atoms with Crippen molar-refractivity contribution in [2.75, 3.05) is 26.2 Å². The monoisotopic (exact) mass is 387 g/mol. The fourth-order valence-corrected chi connectivity index (χ4v) is 2.73. The second kappa shape index (κ2) is 8.82. The van der Waals surface area contributed by atoms with Gasteiger partial charge in [-0.1, -0.05) is 11.6 Å². The van der Waals surface area contributed by atoms with Gasteiger partial charge in [0.1, 0.15) is 5.82 Å². The topological polar surface area (TPSA) is 61.4 Å². The van der Waals surface area contributed by atoms with Crippen molar-refractivity contribution in [3.05, 3.63) is 34.6 Å². The van der Waals surface area contributed by atoms with Crippen LogP contribution in [0.2, 0.25) is 5.02 Å². The third kappa shape index (κ3) is 6.92. The lowest BCUT2D eigenvalue weighted by Gasteiger charge is -2.32. The molecule has 0 aromatic heterocycles. The number of hydrogen-bond acceptors (Lipinski definition) is 3. The maximum Gasteiger partial charge on any atom is 0.251 e. The van der Waals surface area contributed by atoms with E-state index in [-0.39, 0.29) is 42.7 Å². The van der Waals surface area contributed by atoms with Gasteiger partial charge in [-0.25, -0.2) is 4.39 Å². The smallest absolute Gasteiger partial charge is 0.251 e. The van der Waals surface area contributed by atoms with Crippen molar-refractivity contribution in [1.29, 1.82) is 0 Å². The molecule has 0 saturated carbocycles. The molecule has 1 aromatic rings. The van der Waals surface area contributed by atoms with Crippen molar-refractivity contribution >= 4 is 23.4 Å². The van der Waals surface area contributed by atoms with Gasteiger partial charge in [-0.05, 0) is 70.7 Å². The Bertz CT molecular complexity index is 779. The Morgan fingerprint density at radius 1 is 1.31 bits per heavy atom. The molecule has 144 valence electrons. The normalized spacial score (nSPS) is 22.5. The first kappa shape index (κ1) is 15.4. The van der Waals surface area contributed by atoms with Crippen LogP contribution in [0.3, 0.4) is 0 Å². The van der Waals surface area contributed by atoms with Crippen LogP contribution < -0.4 is 10.6 Å². The molecule has 0 bridgehead atoms. The number of halogens is 2. The fraction of sp³-hybridized carbons (Fsp3) is 0.579. The van der Waals surface area contributed by atoms with E-state index in [1.807, 2.05) is 20.8 Å². The molecule has 0 atom stereocenters. The first-order chi connectivity index (χ1) is 13.6. The molecule has 1 heterocycles. The molecule has 2 N–H and O–H groups in total. The average molecular weight is 388 g/mol. The Balaban J connectivity index is 2.05. The Kier molecular flexibility index (Phi) is 5.23. The molecule has 1 aromatic carbocycles. The zero-order valence-corrected chi connectivity index (χ0v) is 15.9. The van der Waals surface area contributed by atoms with Gasteiger partial charge < -0.3 is 10.6 Å². The number of rotatable bonds is 5. The summed E-state index contributed by atoms with van der Waals surface area (Å²) in [5.41, 5.74) is -0.477. The van der Waals surface area contributed by atoms with Gasteiger partial charge >= 0.3 is 0 Å². The van der Waals surface area contributed by atoms with E-state index in [2.05, 4.69) is 10.6 Å². The number of hydrogen-bond donors (Lipinski definition) is 2. The predicted octanol–water partition coefficient (Wildman–Crippen LogP) is 2.84. The van der Waals surface area contributed by atoms with Gasteiger partial charge in [-0.15, -0.1) is 0 Å². The molecule has 1 aliphatic rings. The highest BCUT2D eigenvalue weighted by atomic mass is 35.5. The molecule has 2 rings (SSSR count). The summed E-state index contributed by atoms with van der Waals surface area (Å²) in [6.07, 6.45) is -4.01. The molecule has 5 nitrogen and oxygen atoms in total. The lowest BCUT2D eigenvalue weighted by molar-refractivity contribution is -0.124. The minimum atomic E-state index is -2.00. The SMILES string of the molecule is [2H]C1([2H])CN(CC(=O)NC(C)(C)C)CC([2H])([2H])C1CNC(=O)c1cc(F)cc(Cl)c1. The van der Waals surface area contributed by atoms with Crippen LogP contribution in [0, 0.1) is 11.7 Å². The summed E-state index contributed by atoms with van der Waals surface area (Å²) in [6, 6.07) is 3.34. The van der Waals surface area contributed by atoms with E-state index in [1.54, 1.807) is 0 Å². The lowest BCUT2D eigenvalue weighted by Crippen LogP contribution is -2.48. The van der Waals surface area contributed by atoms with Gasteiger partial charge in [0.25, 0.3) is 5.91 Å². The Labute approximate surface area is 164 Å². The number of piperidine rings is 1. The van der Waals surface area contributed by atoms with E-state index in [9.17, 15) is 14.0 Å². The lowest BCUT2D eigenvalue weighted by atomic mass is 9.96.